The summed E-state index contributed by atoms with van der Waals surface area (Å²) in [6.07, 6.45) is 0. The molecule has 0 aliphatic rings. The second-order valence-corrected chi connectivity index (χ2v) is 5.46. The van der Waals surface area contributed by atoms with Gasteiger partial charge in [-0.2, -0.15) is 0 Å². The van der Waals surface area contributed by atoms with Crippen molar-refractivity contribution >= 4 is 27.4 Å². The van der Waals surface area contributed by atoms with Gasteiger partial charge in [0.05, 0.1) is 4.90 Å². The highest BCUT2D eigenvalue weighted by Gasteiger charge is 2.12. The van der Waals surface area contributed by atoms with Crippen LogP contribution < -0.4 is 10.3 Å². The molecule has 0 saturated carbocycles. The van der Waals surface area contributed by atoms with Crippen LogP contribution in [0.2, 0.25) is 5.15 Å². The summed E-state index contributed by atoms with van der Waals surface area (Å²) in [6, 6.07) is 12.9. The van der Waals surface area contributed by atoms with Crippen LogP contribution in [0, 0.1) is 0 Å². The summed E-state index contributed by atoms with van der Waals surface area (Å²) in [6.45, 7) is 0. The molecule has 1 aromatic heterocycles. The van der Waals surface area contributed by atoms with Crippen LogP contribution in [0.4, 0.5) is 5.82 Å². The minimum Gasteiger partial charge on any atom is -0.292 e. The number of hydrogen-bond donors (Lipinski definition) is 2. The number of hydrazine groups is 1. The van der Waals surface area contributed by atoms with E-state index in [1.165, 1.54) is 12.1 Å². The Morgan fingerprint density at radius 2 is 1.72 bits per heavy atom. The van der Waals surface area contributed by atoms with E-state index in [2.05, 4.69) is 15.2 Å². The smallest absolute Gasteiger partial charge is 0.257 e. The summed E-state index contributed by atoms with van der Waals surface area (Å²) >= 11 is 5.68. The summed E-state index contributed by atoms with van der Waals surface area (Å²) < 4.78 is 23.7. The number of anilines is 1. The number of halogens is 1. The zero-order valence-electron chi connectivity index (χ0n) is 9.17. The molecule has 1 heterocycles. The molecule has 0 unspecified atom stereocenters. The van der Waals surface area contributed by atoms with E-state index in [9.17, 15) is 8.42 Å². The lowest BCUT2D eigenvalue weighted by molar-refractivity contribution is 0.587. The second-order valence-electron chi connectivity index (χ2n) is 3.39. The van der Waals surface area contributed by atoms with E-state index in [1.54, 1.807) is 36.4 Å². The topological polar surface area (TPSA) is 71.1 Å². The third-order valence-corrected chi connectivity index (χ3v) is 3.56. The van der Waals surface area contributed by atoms with E-state index in [1.807, 2.05) is 0 Å². The Bertz CT molecular complexity index is 632. The van der Waals surface area contributed by atoms with E-state index in [0.717, 1.165) is 0 Å². The fourth-order valence-electron chi connectivity index (χ4n) is 1.26. The van der Waals surface area contributed by atoms with Gasteiger partial charge in [-0.25, -0.2) is 13.4 Å². The molecule has 2 N–H and O–H groups in total. The molecule has 0 atom stereocenters. The quantitative estimate of drug-likeness (QED) is 0.665. The van der Waals surface area contributed by atoms with Crippen molar-refractivity contribution in [3.63, 3.8) is 0 Å². The highest BCUT2D eigenvalue weighted by atomic mass is 35.5. The summed E-state index contributed by atoms with van der Waals surface area (Å²) in [4.78, 5) is 6.28. The molecule has 7 heteroatoms. The Morgan fingerprint density at radius 3 is 2.39 bits per heavy atom. The minimum atomic E-state index is -3.62. The zero-order chi connectivity index (χ0) is 13.0. The second kappa shape index (κ2) is 5.34. The zero-order valence-corrected chi connectivity index (χ0v) is 10.7. The largest absolute Gasteiger partial charge is 0.292 e. The third-order valence-electron chi connectivity index (χ3n) is 2.08. The molecule has 0 amide bonds. The van der Waals surface area contributed by atoms with Crippen LogP contribution >= 0.6 is 11.6 Å². The number of rotatable bonds is 4. The van der Waals surface area contributed by atoms with Gasteiger partial charge in [0.2, 0.25) is 0 Å². The van der Waals surface area contributed by atoms with Gasteiger partial charge in [0, 0.05) is 0 Å². The predicted molar refractivity (Wildman–Crippen MR) is 69.6 cm³/mol. The number of nitrogens with zero attached hydrogens (tertiary/aromatic N) is 1. The molecule has 2 aromatic rings. The van der Waals surface area contributed by atoms with Gasteiger partial charge in [-0.15, -0.1) is 4.83 Å². The lowest BCUT2D eigenvalue weighted by Crippen LogP contribution is -2.29. The van der Waals surface area contributed by atoms with E-state index in [0.29, 0.717) is 5.82 Å². The Morgan fingerprint density at radius 1 is 1.00 bits per heavy atom. The summed E-state index contributed by atoms with van der Waals surface area (Å²) in [5, 5.41) is 0.277. The van der Waals surface area contributed by atoms with Gasteiger partial charge in [0.1, 0.15) is 11.0 Å². The molecule has 0 fully saturated rings. The first-order chi connectivity index (χ1) is 8.58. The maximum Gasteiger partial charge on any atom is 0.257 e. The van der Waals surface area contributed by atoms with Gasteiger partial charge in [-0.05, 0) is 24.3 Å². The van der Waals surface area contributed by atoms with E-state index >= 15 is 0 Å². The van der Waals surface area contributed by atoms with Crippen LogP contribution in [0.5, 0.6) is 0 Å². The van der Waals surface area contributed by atoms with E-state index in [4.69, 9.17) is 11.6 Å². The molecule has 18 heavy (non-hydrogen) atoms. The van der Waals surface area contributed by atoms with E-state index < -0.39 is 10.0 Å². The van der Waals surface area contributed by atoms with Crippen LogP contribution in [-0.2, 0) is 10.0 Å². The van der Waals surface area contributed by atoms with Crippen molar-refractivity contribution in [1.82, 2.24) is 9.82 Å². The van der Waals surface area contributed by atoms with Crippen LogP contribution in [0.25, 0.3) is 0 Å². The first kappa shape index (κ1) is 12.8. The maximum absolute atomic E-state index is 11.9. The van der Waals surface area contributed by atoms with E-state index in [-0.39, 0.29) is 10.0 Å². The highest BCUT2D eigenvalue weighted by molar-refractivity contribution is 7.89. The standard InChI is InChI=1S/C11H10ClN3O2S/c12-10-7-4-8-11(13-10)14-15-18(16,17)9-5-2-1-3-6-9/h1-8,15H,(H,13,14). The van der Waals surface area contributed by atoms with Gasteiger partial charge in [0.25, 0.3) is 10.0 Å². The molecule has 0 aliphatic heterocycles. The fraction of sp³-hybridized carbons (Fsp3) is 0. The number of nitrogens with one attached hydrogen (secondary N) is 2. The molecule has 0 radical (unpaired) electrons. The minimum absolute atomic E-state index is 0.166. The number of aromatic nitrogens is 1. The molecule has 0 spiro atoms. The first-order valence-corrected chi connectivity index (χ1v) is 6.89. The van der Waals surface area contributed by atoms with Gasteiger partial charge in [-0.1, -0.05) is 35.9 Å². The first-order valence-electron chi connectivity index (χ1n) is 5.03. The van der Waals surface area contributed by atoms with Gasteiger partial charge in [-0.3, -0.25) is 5.43 Å². The van der Waals surface area contributed by atoms with Gasteiger partial charge >= 0.3 is 0 Å². The summed E-state index contributed by atoms with van der Waals surface area (Å²) in [5.41, 5.74) is 2.49. The van der Waals surface area contributed by atoms with Crippen molar-refractivity contribution in [1.29, 1.82) is 0 Å². The Labute approximate surface area is 110 Å². The van der Waals surface area contributed by atoms with Crippen LogP contribution in [0.3, 0.4) is 0 Å². The monoisotopic (exact) mass is 283 g/mol. The van der Waals surface area contributed by atoms with Crippen LogP contribution in [0.15, 0.2) is 53.4 Å². The van der Waals surface area contributed by atoms with Crippen LogP contribution in [0.1, 0.15) is 0 Å². The summed E-state index contributed by atoms with van der Waals surface area (Å²) in [5.74, 6) is 0.321. The molecule has 1 aromatic carbocycles. The number of hydrogen-bond acceptors (Lipinski definition) is 4. The average Bonchev–Trinajstić information content (AvgIpc) is 2.38. The Kier molecular flexibility index (Phi) is 3.81. The predicted octanol–water partition coefficient (Wildman–Crippen LogP) is 2.04. The Balaban J connectivity index is 2.11. The lowest BCUT2D eigenvalue weighted by Gasteiger charge is -2.08. The van der Waals surface area contributed by atoms with Crippen molar-refractivity contribution in [3.05, 3.63) is 53.7 Å². The number of pyridine rings is 1. The lowest BCUT2D eigenvalue weighted by atomic mass is 10.4. The van der Waals surface area contributed by atoms with Crippen molar-refractivity contribution in [2.75, 3.05) is 5.43 Å². The normalized spacial score (nSPS) is 11.2. The average molecular weight is 284 g/mol. The van der Waals surface area contributed by atoms with Crippen molar-refractivity contribution in [3.8, 4) is 0 Å². The van der Waals surface area contributed by atoms with Crippen LogP contribution in [-0.4, -0.2) is 13.4 Å². The van der Waals surface area contributed by atoms with Gasteiger partial charge < -0.3 is 0 Å². The third kappa shape index (κ3) is 3.19. The van der Waals surface area contributed by atoms with Crippen molar-refractivity contribution in [2.45, 2.75) is 4.90 Å². The molecule has 5 nitrogen and oxygen atoms in total. The summed E-state index contributed by atoms with van der Waals surface area (Å²) in [7, 11) is -3.62. The van der Waals surface area contributed by atoms with Crippen molar-refractivity contribution in [2.24, 2.45) is 0 Å². The van der Waals surface area contributed by atoms with Gasteiger partial charge in [0.15, 0.2) is 0 Å². The molecule has 0 saturated heterocycles. The molecular formula is C11H10ClN3O2S. The molecule has 94 valence electrons. The fourth-order valence-corrected chi connectivity index (χ4v) is 2.29. The SMILES string of the molecule is O=S(=O)(NNc1cccc(Cl)n1)c1ccccc1. The molecule has 0 bridgehead atoms. The molecule has 2 rings (SSSR count). The van der Waals surface area contributed by atoms with Crippen molar-refractivity contribution < 1.29 is 8.42 Å². The maximum atomic E-state index is 11.9. The number of sulfonamides is 1. The molecule has 0 aliphatic carbocycles. The Hall–Kier alpha value is -1.63. The molecular weight excluding hydrogens is 274 g/mol. The highest BCUT2D eigenvalue weighted by Crippen LogP contribution is 2.10. The number of benzene rings is 1.